The summed E-state index contributed by atoms with van der Waals surface area (Å²) in [6.07, 6.45) is 10.3. The molecule has 1 aliphatic carbocycles. The average Bonchev–Trinajstić information content (AvgIpc) is 3.09. The van der Waals surface area contributed by atoms with Crippen LogP contribution in [0.25, 0.3) is 5.95 Å². The highest BCUT2D eigenvalue weighted by atomic mass is 35.5. The third kappa shape index (κ3) is 3.01. The van der Waals surface area contributed by atoms with E-state index in [-0.39, 0.29) is 5.28 Å². The van der Waals surface area contributed by atoms with E-state index in [0.29, 0.717) is 17.8 Å². The van der Waals surface area contributed by atoms with Gasteiger partial charge in [-0.05, 0) is 30.4 Å². The van der Waals surface area contributed by atoms with Gasteiger partial charge in [-0.3, -0.25) is 4.57 Å². The Morgan fingerprint density at radius 3 is 2.84 bits per heavy atom. The zero-order chi connectivity index (χ0) is 13.1. The molecule has 0 aromatic carbocycles. The second-order valence-corrected chi connectivity index (χ2v) is 5.07. The quantitative estimate of drug-likeness (QED) is 0.929. The lowest BCUT2D eigenvalue weighted by molar-refractivity contribution is 0.577. The molecule has 1 aliphatic rings. The van der Waals surface area contributed by atoms with E-state index in [9.17, 15) is 0 Å². The zero-order valence-corrected chi connectivity index (χ0v) is 11.2. The molecule has 100 valence electrons. The Balaban J connectivity index is 1.74. The minimum Gasteiger partial charge on any atom is -0.354 e. The molecule has 0 amide bonds. The van der Waals surface area contributed by atoms with Crippen LogP contribution in [0.2, 0.25) is 5.28 Å². The van der Waals surface area contributed by atoms with Gasteiger partial charge >= 0.3 is 0 Å². The maximum atomic E-state index is 5.93. The van der Waals surface area contributed by atoms with Crippen LogP contribution in [0, 0.1) is 5.92 Å². The predicted molar refractivity (Wildman–Crippen MR) is 72.4 cm³/mol. The van der Waals surface area contributed by atoms with E-state index in [0.717, 1.165) is 6.54 Å². The van der Waals surface area contributed by atoms with Gasteiger partial charge in [0.15, 0.2) is 0 Å². The number of rotatable bonds is 4. The lowest BCUT2D eigenvalue weighted by atomic mass is 10.1. The van der Waals surface area contributed by atoms with Crippen LogP contribution in [0.3, 0.4) is 0 Å². The third-order valence-corrected chi connectivity index (χ3v) is 3.52. The second-order valence-electron chi connectivity index (χ2n) is 4.73. The van der Waals surface area contributed by atoms with Crippen LogP contribution in [0.5, 0.6) is 0 Å². The Morgan fingerprint density at radius 2 is 2.11 bits per heavy atom. The lowest BCUT2D eigenvalue weighted by Crippen LogP contribution is -2.14. The summed E-state index contributed by atoms with van der Waals surface area (Å²) < 4.78 is 1.70. The molecular weight excluding hydrogens is 264 g/mol. The van der Waals surface area contributed by atoms with Crippen molar-refractivity contribution in [2.45, 2.75) is 25.7 Å². The van der Waals surface area contributed by atoms with E-state index in [2.05, 4.69) is 25.3 Å². The smallest absolute Gasteiger partial charge is 0.241 e. The standard InChI is InChI=1S/C12H15ClN6/c13-10-16-11(15-7-9-3-1-2-4-9)18-12(17-10)19-6-5-14-8-19/h5-6,8-9H,1-4,7H2,(H,15,16,17,18). The average molecular weight is 279 g/mol. The fourth-order valence-corrected chi connectivity index (χ4v) is 2.52. The normalized spacial score (nSPS) is 15.8. The molecular formula is C12H15ClN6. The molecule has 1 fully saturated rings. The van der Waals surface area contributed by atoms with Crippen molar-refractivity contribution in [2.75, 3.05) is 11.9 Å². The minimum absolute atomic E-state index is 0.188. The predicted octanol–water partition coefficient (Wildman–Crippen LogP) is 2.31. The van der Waals surface area contributed by atoms with Crippen LogP contribution < -0.4 is 5.32 Å². The van der Waals surface area contributed by atoms with Gasteiger partial charge in [-0.15, -0.1) is 0 Å². The van der Waals surface area contributed by atoms with Crippen LogP contribution in [0.15, 0.2) is 18.7 Å². The summed E-state index contributed by atoms with van der Waals surface area (Å²) >= 11 is 5.93. The van der Waals surface area contributed by atoms with Crippen molar-refractivity contribution in [3.05, 3.63) is 24.0 Å². The van der Waals surface area contributed by atoms with E-state index in [1.165, 1.54) is 25.7 Å². The SMILES string of the molecule is Clc1nc(NCC2CCCC2)nc(-n2ccnc2)n1. The summed E-state index contributed by atoms with van der Waals surface area (Å²) in [6.45, 7) is 0.893. The van der Waals surface area contributed by atoms with Crippen molar-refractivity contribution in [3.63, 3.8) is 0 Å². The van der Waals surface area contributed by atoms with Crippen molar-refractivity contribution in [1.29, 1.82) is 0 Å². The fourth-order valence-electron chi connectivity index (χ4n) is 2.36. The summed E-state index contributed by atoms with van der Waals surface area (Å²) in [5, 5.41) is 3.44. The molecule has 2 heterocycles. The molecule has 0 spiro atoms. The summed E-state index contributed by atoms with van der Waals surface area (Å²) in [7, 11) is 0. The maximum absolute atomic E-state index is 5.93. The van der Waals surface area contributed by atoms with Crippen molar-refractivity contribution in [1.82, 2.24) is 24.5 Å². The number of nitrogens with one attached hydrogen (secondary N) is 1. The molecule has 3 rings (SSSR count). The molecule has 6 nitrogen and oxygen atoms in total. The van der Waals surface area contributed by atoms with Crippen LogP contribution in [-0.4, -0.2) is 31.0 Å². The van der Waals surface area contributed by atoms with Crippen LogP contribution in [0.4, 0.5) is 5.95 Å². The highest BCUT2D eigenvalue weighted by Gasteiger charge is 2.15. The van der Waals surface area contributed by atoms with Crippen LogP contribution >= 0.6 is 11.6 Å². The molecule has 0 radical (unpaired) electrons. The Bertz CT molecular complexity index is 535. The van der Waals surface area contributed by atoms with Gasteiger partial charge in [0.25, 0.3) is 0 Å². The molecule has 7 heteroatoms. The molecule has 1 saturated carbocycles. The minimum atomic E-state index is 0.188. The number of halogens is 1. The van der Waals surface area contributed by atoms with Crippen molar-refractivity contribution < 1.29 is 0 Å². The number of hydrogen-bond acceptors (Lipinski definition) is 5. The van der Waals surface area contributed by atoms with Gasteiger partial charge in [-0.25, -0.2) is 4.98 Å². The van der Waals surface area contributed by atoms with Gasteiger partial charge in [0.05, 0.1) is 0 Å². The summed E-state index contributed by atoms with van der Waals surface area (Å²) in [4.78, 5) is 16.5. The topological polar surface area (TPSA) is 68.5 Å². The highest BCUT2D eigenvalue weighted by Crippen LogP contribution is 2.24. The Morgan fingerprint density at radius 1 is 1.26 bits per heavy atom. The van der Waals surface area contributed by atoms with Gasteiger partial charge in [0, 0.05) is 18.9 Å². The summed E-state index contributed by atoms with van der Waals surface area (Å²) in [6, 6.07) is 0. The second kappa shape index (κ2) is 5.52. The first-order valence-corrected chi connectivity index (χ1v) is 6.83. The first-order chi connectivity index (χ1) is 9.31. The lowest BCUT2D eigenvalue weighted by Gasteiger charge is -2.11. The van der Waals surface area contributed by atoms with E-state index in [1.807, 2.05) is 0 Å². The summed E-state index contributed by atoms with van der Waals surface area (Å²) in [5.41, 5.74) is 0. The molecule has 19 heavy (non-hydrogen) atoms. The van der Waals surface area contributed by atoms with Crippen molar-refractivity contribution >= 4 is 17.5 Å². The van der Waals surface area contributed by atoms with Gasteiger partial charge in [-0.1, -0.05) is 12.8 Å². The van der Waals surface area contributed by atoms with Crippen LogP contribution in [-0.2, 0) is 0 Å². The molecule has 0 saturated heterocycles. The van der Waals surface area contributed by atoms with Gasteiger partial charge in [0.1, 0.15) is 6.33 Å². The van der Waals surface area contributed by atoms with Gasteiger partial charge < -0.3 is 5.32 Å². The van der Waals surface area contributed by atoms with E-state index in [1.54, 1.807) is 23.3 Å². The van der Waals surface area contributed by atoms with Gasteiger partial charge in [-0.2, -0.15) is 15.0 Å². The van der Waals surface area contributed by atoms with Crippen molar-refractivity contribution in [2.24, 2.45) is 5.92 Å². The Labute approximate surface area is 116 Å². The summed E-state index contributed by atoms with van der Waals surface area (Å²) in [5.74, 6) is 1.72. The molecule has 0 unspecified atom stereocenters. The highest BCUT2D eigenvalue weighted by molar-refractivity contribution is 6.28. The first-order valence-electron chi connectivity index (χ1n) is 6.45. The number of hydrogen-bond donors (Lipinski definition) is 1. The molecule has 1 N–H and O–H groups in total. The monoisotopic (exact) mass is 278 g/mol. The Hall–Kier alpha value is -1.69. The van der Waals surface area contributed by atoms with E-state index < -0.39 is 0 Å². The van der Waals surface area contributed by atoms with Crippen molar-refractivity contribution in [3.8, 4) is 5.95 Å². The molecule has 0 bridgehead atoms. The number of nitrogens with zero attached hydrogens (tertiary/aromatic N) is 5. The Kier molecular flexibility index (Phi) is 3.59. The van der Waals surface area contributed by atoms with E-state index >= 15 is 0 Å². The van der Waals surface area contributed by atoms with Gasteiger partial charge in [0.2, 0.25) is 17.2 Å². The van der Waals surface area contributed by atoms with E-state index in [4.69, 9.17) is 11.6 Å². The number of imidazole rings is 1. The number of anilines is 1. The zero-order valence-electron chi connectivity index (χ0n) is 10.5. The largest absolute Gasteiger partial charge is 0.354 e. The first kappa shape index (κ1) is 12.3. The maximum Gasteiger partial charge on any atom is 0.241 e. The molecule has 2 aromatic heterocycles. The number of aromatic nitrogens is 5. The molecule has 0 aliphatic heterocycles. The fraction of sp³-hybridized carbons (Fsp3) is 0.500. The molecule has 2 aromatic rings. The van der Waals surface area contributed by atoms with Crippen LogP contribution in [0.1, 0.15) is 25.7 Å². The third-order valence-electron chi connectivity index (χ3n) is 3.36. The molecule has 0 atom stereocenters.